The monoisotopic (exact) mass is 378 g/mol. The third-order valence-corrected chi connectivity index (χ3v) is 7.67. The van der Waals surface area contributed by atoms with E-state index in [1.165, 1.54) is 4.31 Å². The van der Waals surface area contributed by atoms with Gasteiger partial charge in [-0.25, -0.2) is 8.42 Å². The zero-order chi connectivity index (χ0) is 18.6. The highest BCUT2D eigenvalue weighted by Gasteiger charge is 2.35. The maximum absolute atomic E-state index is 13.3. The molecule has 1 saturated heterocycles. The highest BCUT2D eigenvalue weighted by Crippen LogP contribution is 2.28. The second-order valence-electron chi connectivity index (χ2n) is 7.72. The third-order valence-electron chi connectivity index (χ3n) is 5.76. The molecule has 0 aromatic heterocycles. The van der Waals surface area contributed by atoms with E-state index in [4.69, 9.17) is 0 Å². The quantitative estimate of drug-likeness (QED) is 0.790. The smallest absolute Gasteiger partial charge is 0.243 e. The number of hydrogen-bond acceptors (Lipinski definition) is 3. The molecule has 5 nitrogen and oxygen atoms in total. The van der Waals surface area contributed by atoms with E-state index in [1.807, 2.05) is 11.0 Å². The second kappa shape index (κ2) is 8.53. The van der Waals surface area contributed by atoms with Crippen LogP contribution in [0.15, 0.2) is 35.2 Å². The molecule has 1 aliphatic carbocycles. The van der Waals surface area contributed by atoms with Crippen molar-refractivity contribution < 1.29 is 13.2 Å². The van der Waals surface area contributed by atoms with Crippen LogP contribution in [-0.4, -0.2) is 49.2 Å². The van der Waals surface area contributed by atoms with Crippen molar-refractivity contribution in [3.8, 4) is 0 Å². The Hall–Kier alpha value is -1.40. The molecular weight excluding hydrogens is 348 g/mol. The maximum Gasteiger partial charge on any atom is 0.243 e. The fourth-order valence-corrected chi connectivity index (χ4v) is 5.65. The number of sulfonamides is 1. The summed E-state index contributed by atoms with van der Waals surface area (Å²) in [5.41, 5.74) is 0. The van der Waals surface area contributed by atoms with Crippen molar-refractivity contribution in [1.82, 2.24) is 9.21 Å². The molecule has 2 aliphatic rings. The van der Waals surface area contributed by atoms with E-state index < -0.39 is 10.0 Å². The van der Waals surface area contributed by atoms with E-state index in [1.54, 1.807) is 24.3 Å². The van der Waals surface area contributed by atoms with Gasteiger partial charge in [0.1, 0.15) is 0 Å². The van der Waals surface area contributed by atoms with Gasteiger partial charge in [-0.15, -0.1) is 0 Å². The Labute approximate surface area is 157 Å². The first-order valence-corrected chi connectivity index (χ1v) is 11.3. The van der Waals surface area contributed by atoms with E-state index in [-0.39, 0.29) is 23.4 Å². The Morgan fingerprint density at radius 3 is 2.27 bits per heavy atom. The Balaban J connectivity index is 1.80. The van der Waals surface area contributed by atoms with Crippen LogP contribution in [0.4, 0.5) is 0 Å². The molecule has 0 N–H and O–H groups in total. The maximum atomic E-state index is 13.3. The summed E-state index contributed by atoms with van der Waals surface area (Å²) >= 11 is 0. The predicted octanol–water partition coefficient (Wildman–Crippen LogP) is 3.27. The van der Waals surface area contributed by atoms with Gasteiger partial charge in [0.25, 0.3) is 0 Å². The lowest BCUT2D eigenvalue weighted by atomic mass is 9.95. The van der Waals surface area contributed by atoms with Gasteiger partial charge in [-0.3, -0.25) is 4.79 Å². The topological polar surface area (TPSA) is 57.7 Å². The minimum absolute atomic E-state index is 0.0315. The van der Waals surface area contributed by atoms with Crippen molar-refractivity contribution in [2.24, 2.45) is 5.92 Å². The van der Waals surface area contributed by atoms with E-state index in [0.717, 1.165) is 58.0 Å². The number of benzene rings is 1. The fraction of sp³-hybridized carbons (Fsp3) is 0.650. The molecule has 1 heterocycles. The number of carbonyl (C=O) groups is 1. The van der Waals surface area contributed by atoms with Gasteiger partial charge in [-0.1, -0.05) is 44.4 Å². The number of nitrogens with zero attached hydrogens (tertiary/aromatic N) is 2. The number of amides is 1. The molecule has 0 radical (unpaired) electrons. The van der Waals surface area contributed by atoms with Gasteiger partial charge in [0, 0.05) is 19.1 Å². The fourth-order valence-electron chi connectivity index (χ4n) is 4.00. The standard InChI is InChI=1S/C20H30N2O3S/c1-17-12-14-21(15-13-17)20(23)16-22(18-8-4-2-5-9-18)26(24,25)19-10-6-3-7-11-19/h3,6-7,10-11,17-18H,2,4-5,8-9,12-16H2,1H3. The van der Waals surface area contributed by atoms with Gasteiger partial charge < -0.3 is 4.90 Å². The van der Waals surface area contributed by atoms with E-state index in [0.29, 0.717) is 5.92 Å². The largest absolute Gasteiger partial charge is 0.342 e. The zero-order valence-corrected chi connectivity index (χ0v) is 16.5. The first kappa shape index (κ1) is 19.4. The third kappa shape index (κ3) is 4.46. The first-order chi connectivity index (χ1) is 12.5. The summed E-state index contributed by atoms with van der Waals surface area (Å²) in [6.07, 6.45) is 6.89. The molecule has 2 fully saturated rings. The molecule has 1 aromatic rings. The summed E-state index contributed by atoms with van der Waals surface area (Å²) in [5.74, 6) is 0.587. The Morgan fingerprint density at radius 2 is 1.65 bits per heavy atom. The molecule has 6 heteroatoms. The highest BCUT2D eigenvalue weighted by atomic mass is 32.2. The first-order valence-electron chi connectivity index (χ1n) is 9.83. The summed E-state index contributed by atoms with van der Waals surface area (Å²) in [6.45, 7) is 3.65. The van der Waals surface area contributed by atoms with E-state index >= 15 is 0 Å². The van der Waals surface area contributed by atoms with Crippen molar-refractivity contribution in [2.45, 2.75) is 62.8 Å². The molecule has 0 atom stereocenters. The molecule has 1 saturated carbocycles. The van der Waals surface area contributed by atoms with Crippen LogP contribution in [0.25, 0.3) is 0 Å². The lowest BCUT2D eigenvalue weighted by molar-refractivity contribution is -0.133. The van der Waals surface area contributed by atoms with Crippen LogP contribution >= 0.6 is 0 Å². The van der Waals surface area contributed by atoms with Gasteiger partial charge >= 0.3 is 0 Å². The summed E-state index contributed by atoms with van der Waals surface area (Å²) in [6, 6.07) is 8.46. The van der Waals surface area contributed by atoms with Crippen molar-refractivity contribution in [3.63, 3.8) is 0 Å². The normalized spacial score (nSPS) is 20.5. The zero-order valence-electron chi connectivity index (χ0n) is 15.6. The molecule has 1 aromatic carbocycles. The Kier molecular flexibility index (Phi) is 6.35. The van der Waals surface area contributed by atoms with Gasteiger partial charge in [-0.05, 0) is 43.7 Å². The van der Waals surface area contributed by atoms with Crippen molar-refractivity contribution in [3.05, 3.63) is 30.3 Å². The van der Waals surface area contributed by atoms with Crippen LogP contribution in [0, 0.1) is 5.92 Å². The number of likely N-dealkylation sites (tertiary alicyclic amines) is 1. The molecule has 144 valence electrons. The number of rotatable bonds is 5. The van der Waals surface area contributed by atoms with Crippen molar-refractivity contribution in [1.29, 1.82) is 0 Å². The van der Waals surface area contributed by atoms with Crippen molar-refractivity contribution >= 4 is 15.9 Å². The summed E-state index contributed by atoms with van der Waals surface area (Å²) in [4.78, 5) is 15.0. The second-order valence-corrected chi connectivity index (χ2v) is 9.61. The lowest BCUT2D eigenvalue weighted by Gasteiger charge is -2.36. The summed E-state index contributed by atoms with van der Waals surface area (Å²) < 4.78 is 28.0. The molecular formula is C20H30N2O3S. The molecule has 0 unspecified atom stereocenters. The van der Waals surface area contributed by atoms with Crippen LogP contribution in [0.3, 0.4) is 0 Å². The van der Waals surface area contributed by atoms with Crippen LogP contribution in [0.2, 0.25) is 0 Å². The van der Waals surface area contributed by atoms with Crippen molar-refractivity contribution in [2.75, 3.05) is 19.6 Å². The Morgan fingerprint density at radius 1 is 1.04 bits per heavy atom. The summed E-state index contributed by atoms with van der Waals surface area (Å²) in [7, 11) is -3.66. The van der Waals surface area contributed by atoms with Gasteiger partial charge in [0.05, 0.1) is 11.4 Å². The number of hydrogen-bond donors (Lipinski definition) is 0. The van der Waals surface area contributed by atoms with Crippen LogP contribution in [-0.2, 0) is 14.8 Å². The van der Waals surface area contributed by atoms with Crippen LogP contribution in [0.5, 0.6) is 0 Å². The minimum atomic E-state index is -3.66. The number of piperidine rings is 1. The highest BCUT2D eigenvalue weighted by molar-refractivity contribution is 7.89. The molecule has 0 spiro atoms. The Bertz CT molecular complexity index is 691. The van der Waals surface area contributed by atoms with Gasteiger partial charge in [0.15, 0.2) is 0 Å². The average Bonchev–Trinajstić information content (AvgIpc) is 2.67. The predicted molar refractivity (Wildman–Crippen MR) is 102 cm³/mol. The van der Waals surface area contributed by atoms with Gasteiger partial charge in [0.2, 0.25) is 15.9 Å². The van der Waals surface area contributed by atoms with E-state index in [2.05, 4.69) is 6.92 Å². The van der Waals surface area contributed by atoms with Crippen LogP contribution < -0.4 is 0 Å². The van der Waals surface area contributed by atoms with E-state index in [9.17, 15) is 13.2 Å². The molecule has 3 rings (SSSR count). The molecule has 26 heavy (non-hydrogen) atoms. The van der Waals surface area contributed by atoms with Crippen LogP contribution in [0.1, 0.15) is 51.9 Å². The molecule has 1 amide bonds. The molecule has 0 bridgehead atoms. The summed E-state index contributed by atoms with van der Waals surface area (Å²) in [5, 5.41) is 0. The average molecular weight is 379 g/mol. The number of carbonyl (C=O) groups excluding carboxylic acids is 1. The molecule has 1 aliphatic heterocycles. The minimum Gasteiger partial charge on any atom is -0.342 e. The SMILES string of the molecule is CC1CCN(C(=O)CN(C2CCCCC2)S(=O)(=O)c2ccccc2)CC1. The lowest BCUT2D eigenvalue weighted by Crippen LogP contribution is -2.49. The van der Waals surface area contributed by atoms with Gasteiger partial charge in [-0.2, -0.15) is 4.31 Å².